The molecule has 24 heavy (non-hydrogen) atoms. The van der Waals surface area contributed by atoms with Crippen molar-refractivity contribution >= 4 is 6.16 Å². The largest absolute Gasteiger partial charge is 0.515 e. The van der Waals surface area contributed by atoms with Crippen LogP contribution in [-0.2, 0) is 4.74 Å². The summed E-state index contributed by atoms with van der Waals surface area (Å²) in [5.74, 6) is 1.68. The maximum atomic E-state index is 11.3. The van der Waals surface area contributed by atoms with Crippen LogP contribution in [0.25, 0.3) is 5.69 Å². The molecule has 6 nitrogen and oxygen atoms in total. The Morgan fingerprint density at radius 2 is 1.75 bits per heavy atom. The fourth-order valence-corrected chi connectivity index (χ4v) is 2.04. The lowest BCUT2D eigenvalue weighted by Crippen LogP contribution is -2.10. The predicted octanol–water partition coefficient (Wildman–Crippen LogP) is 4.20. The van der Waals surface area contributed by atoms with Gasteiger partial charge in [-0.15, -0.1) is 0 Å². The zero-order chi connectivity index (χ0) is 16.8. The molecule has 2 aromatic carbocycles. The van der Waals surface area contributed by atoms with E-state index < -0.39 is 6.16 Å². The van der Waals surface area contributed by atoms with E-state index in [0.29, 0.717) is 0 Å². The van der Waals surface area contributed by atoms with Crippen molar-refractivity contribution in [1.82, 2.24) is 9.55 Å². The monoisotopic (exact) mass is 324 g/mol. The number of carbonyl (C=O) groups is 1. The number of para-hydroxylation sites is 1. The van der Waals surface area contributed by atoms with Crippen molar-refractivity contribution in [3.8, 4) is 23.1 Å². The van der Waals surface area contributed by atoms with Crippen molar-refractivity contribution < 1.29 is 19.0 Å². The molecule has 0 saturated heterocycles. The third-order valence-corrected chi connectivity index (χ3v) is 3.12. The number of hydrogen-bond acceptors (Lipinski definition) is 5. The van der Waals surface area contributed by atoms with E-state index in [9.17, 15) is 4.79 Å². The quantitative estimate of drug-likeness (QED) is 0.658. The van der Waals surface area contributed by atoms with E-state index in [4.69, 9.17) is 14.2 Å². The van der Waals surface area contributed by atoms with Crippen molar-refractivity contribution in [2.75, 3.05) is 6.61 Å². The summed E-state index contributed by atoms with van der Waals surface area (Å²) in [6.07, 6.45) is 2.39. The molecule has 0 aliphatic carbocycles. The van der Waals surface area contributed by atoms with Crippen LogP contribution in [0.1, 0.15) is 6.92 Å². The molecule has 0 unspecified atom stereocenters. The van der Waals surface area contributed by atoms with Crippen molar-refractivity contribution in [3.05, 3.63) is 67.1 Å². The molecule has 0 aliphatic heterocycles. The smallest absolute Gasteiger partial charge is 0.457 e. The molecule has 0 fully saturated rings. The lowest BCUT2D eigenvalue weighted by Gasteiger charge is -2.07. The molecule has 3 aromatic rings. The summed E-state index contributed by atoms with van der Waals surface area (Å²) in [6, 6.07) is 17.0. The molecular weight excluding hydrogens is 308 g/mol. The second-order valence-corrected chi connectivity index (χ2v) is 4.81. The van der Waals surface area contributed by atoms with Gasteiger partial charge in [-0.2, -0.15) is 0 Å². The Morgan fingerprint density at radius 3 is 2.46 bits per heavy atom. The highest BCUT2D eigenvalue weighted by Gasteiger charge is 2.08. The molecule has 1 heterocycles. The molecule has 1 aromatic heterocycles. The number of benzene rings is 2. The minimum atomic E-state index is -0.769. The number of rotatable bonds is 5. The minimum absolute atomic E-state index is 0.179. The number of ether oxygens (including phenoxy) is 3. The molecule has 122 valence electrons. The summed E-state index contributed by atoms with van der Waals surface area (Å²) in [5, 5.41) is 0. The second kappa shape index (κ2) is 7.32. The lowest BCUT2D eigenvalue weighted by molar-refractivity contribution is 0.103. The fourth-order valence-electron chi connectivity index (χ4n) is 2.04. The molecule has 0 spiro atoms. The van der Waals surface area contributed by atoms with Gasteiger partial charge in [0.25, 0.3) is 0 Å². The van der Waals surface area contributed by atoms with Crippen LogP contribution in [-0.4, -0.2) is 22.3 Å². The van der Waals surface area contributed by atoms with Gasteiger partial charge in [0.2, 0.25) is 5.88 Å². The Morgan fingerprint density at radius 1 is 1.04 bits per heavy atom. The first-order chi connectivity index (χ1) is 11.7. The van der Waals surface area contributed by atoms with Gasteiger partial charge < -0.3 is 18.8 Å². The van der Waals surface area contributed by atoms with Gasteiger partial charge in [-0.3, -0.25) is 0 Å². The molecule has 0 aliphatic rings. The molecular formula is C18H16N2O4. The molecule has 0 N–H and O–H groups in total. The summed E-state index contributed by atoms with van der Waals surface area (Å²) in [7, 11) is 0. The molecule has 0 saturated carbocycles. The first-order valence-electron chi connectivity index (χ1n) is 7.46. The Labute approximate surface area is 139 Å². The van der Waals surface area contributed by atoms with Crippen LogP contribution in [0.5, 0.6) is 17.4 Å². The first kappa shape index (κ1) is 15.6. The maximum Gasteiger partial charge on any atom is 0.515 e. The van der Waals surface area contributed by atoms with Gasteiger partial charge in [0.15, 0.2) is 0 Å². The van der Waals surface area contributed by atoms with Crippen LogP contribution < -0.4 is 9.47 Å². The highest BCUT2D eigenvalue weighted by Crippen LogP contribution is 2.22. The van der Waals surface area contributed by atoms with E-state index in [-0.39, 0.29) is 12.5 Å². The van der Waals surface area contributed by atoms with Crippen molar-refractivity contribution in [2.45, 2.75) is 6.92 Å². The van der Waals surface area contributed by atoms with E-state index in [1.54, 1.807) is 24.0 Å². The fraction of sp³-hybridized carbons (Fsp3) is 0.111. The summed E-state index contributed by atoms with van der Waals surface area (Å²) >= 11 is 0. The van der Waals surface area contributed by atoms with E-state index in [2.05, 4.69) is 4.98 Å². The average Bonchev–Trinajstić information content (AvgIpc) is 3.05. The number of carbonyl (C=O) groups excluding carboxylic acids is 1. The van der Waals surface area contributed by atoms with Gasteiger partial charge in [-0.1, -0.05) is 18.2 Å². The molecule has 0 radical (unpaired) electrons. The first-order valence-corrected chi connectivity index (χ1v) is 7.46. The van der Waals surface area contributed by atoms with Crippen molar-refractivity contribution in [1.29, 1.82) is 0 Å². The summed E-state index contributed by atoms with van der Waals surface area (Å²) < 4.78 is 17.1. The maximum absolute atomic E-state index is 11.3. The number of aromatic nitrogens is 2. The van der Waals surface area contributed by atoms with Crippen LogP contribution >= 0.6 is 0 Å². The molecule has 0 atom stereocenters. The van der Waals surface area contributed by atoms with Crippen LogP contribution in [0.4, 0.5) is 4.79 Å². The molecule has 0 bridgehead atoms. The van der Waals surface area contributed by atoms with Gasteiger partial charge in [0.1, 0.15) is 17.8 Å². The Bertz CT molecular complexity index is 797. The summed E-state index contributed by atoms with van der Waals surface area (Å²) in [4.78, 5) is 15.3. The predicted molar refractivity (Wildman–Crippen MR) is 87.7 cm³/mol. The van der Waals surface area contributed by atoms with Crippen molar-refractivity contribution in [2.24, 2.45) is 0 Å². The standard InChI is InChI=1S/C18H16N2O4/c1-2-22-18(21)24-17-12-20(13-19-17)14-8-10-16(11-9-14)23-15-6-4-3-5-7-15/h3-13H,2H2,1H3. The lowest BCUT2D eigenvalue weighted by atomic mass is 10.3. The third kappa shape index (κ3) is 3.92. The van der Waals surface area contributed by atoms with E-state index in [1.165, 1.54) is 0 Å². The van der Waals surface area contributed by atoms with Gasteiger partial charge in [-0.05, 0) is 43.3 Å². The Hall–Kier alpha value is -3.28. The van der Waals surface area contributed by atoms with Gasteiger partial charge in [0.05, 0.1) is 12.8 Å². The van der Waals surface area contributed by atoms with Crippen LogP contribution in [0.2, 0.25) is 0 Å². The van der Waals surface area contributed by atoms with Crippen LogP contribution in [0.15, 0.2) is 67.1 Å². The average molecular weight is 324 g/mol. The summed E-state index contributed by atoms with van der Waals surface area (Å²) in [5.41, 5.74) is 0.863. The van der Waals surface area contributed by atoms with E-state index in [1.807, 2.05) is 54.6 Å². The van der Waals surface area contributed by atoms with Gasteiger partial charge >= 0.3 is 6.16 Å². The normalized spacial score (nSPS) is 10.2. The SMILES string of the molecule is CCOC(=O)Oc1cn(-c2ccc(Oc3ccccc3)cc2)cn1. The molecule has 6 heteroatoms. The Kier molecular flexibility index (Phi) is 4.76. The summed E-state index contributed by atoms with van der Waals surface area (Å²) in [6.45, 7) is 1.96. The van der Waals surface area contributed by atoms with Crippen LogP contribution in [0, 0.1) is 0 Å². The highest BCUT2D eigenvalue weighted by atomic mass is 16.7. The number of imidazole rings is 1. The van der Waals surface area contributed by atoms with Crippen LogP contribution in [0.3, 0.4) is 0 Å². The van der Waals surface area contributed by atoms with E-state index in [0.717, 1.165) is 17.2 Å². The van der Waals surface area contributed by atoms with E-state index >= 15 is 0 Å². The minimum Gasteiger partial charge on any atom is -0.457 e. The highest BCUT2D eigenvalue weighted by molar-refractivity contribution is 5.62. The third-order valence-electron chi connectivity index (χ3n) is 3.12. The molecule has 0 amide bonds. The Balaban J connectivity index is 1.67. The second-order valence-electron chi connectivity index (χ2n) is 4.81. The number of hydrogen-bond donors (Lipinski definition) is 0. The zero-order valence-electron chi connectivity index (χ0n) is 13.1. The number of nitrogens with zero attached hydrogens (tertiary/aromatic N) is 2. The zero-order valence-corrected chi connectivity index (χ0v) is 13.1. The molecule has 3 rings (SSSR count). The van der Waals surface area contributed by atoms with Gasteiger partial charge in [-0.25, -0.2) is 9.78 Å². The van der Waals surface area contributed by atoms with Crippen molar-refractivity contribution in [3.63, 3.8) is 0 Å². The topological polar surface area (TPSA) is 62.6 Å². The van der Waals surface area contributed by atoms with Gasteiger partial charge in [0, 0.05) is 5.69 Å².